The summed E-state index contributed by atoms with van der Waals surface area (Å²) in [7, 11) is 0. The Morgan fingerprint density at radius 2 is 1.86 bits per heavy atom. The third kappa shape index (κ3) is 5.08. The summed E-state index contributed by atoms with van der Waals surface area (Å²) < 4.78 is 94.9. The molecule has 200 valence electrons. The van der Waals surface area contributed by atoms with E-state index in [9.17, 15) is 22.4 Å². The van der Waals surface area contributed by atoms with Crippen LogP contribution in [-0.4, -0.2) is 66.0 Å². The van der Waals surface area contributed by atoms with Crippen LogP contribution in [0.5, 0.6) is 5.75 Å². The Bertz CT molecular complexity index is 1320. The quantitative estimate of drug-likeness (QED) is 0.449. The fourth-order valence-electron chi connectivity index (χ4n) is 5.32. The van der Waals surface area contributed by atoms with E-state index in [4.69, 9.17) is 9.15 Å². The van der Waals surface area contributed by atoms with Crippen molar-refractivity contribution in [1.29, 1.82) is 0 Å². The minimum atomic E-state index is -4.62. The van der Waals surface area contributed by atoms with Gasteiger partial charge in [0.2, 0.25) is 0 Å². The first kappa shape index (κ1) is 25.7. The van der Waals surface area contributed by atoms with Crippen LogP contribution in [0.3, 0.4) is 0 Å². The highest BCUT2D eigenvalue weighted by Crippen LogP contribution is 2.44. The standard InChI is InChI=1S/C25H25F6N3O3/c1-13-7-17-16(3-4-20-23(17)37-24(35)32-20)22(34(13)12-25(29,30)31)21-18(27)8-14(9-19(21)28)36-15-10-33(11-15)6-2-5-26/h3-4,8-9,13,15,22H,2,5-7,10-12H2,1H3,(H,32,35)/t13-,22+/m1/s1. The first-order valence-corrected chi connectivity index (χ1v) is 11.9. The lowest BCUT2D eigenvalue weighted by atomic mass is 9.84. The predicted molar refractivity (Wildman–Crippen MR) is 122 cm³/mol. The summed E-state index contributed by atoms with van der Waals surface area (Å²) in [6, 6.07) is 2.67. The molecule has 0 aliphatic carbocycles. The Balaban J connectivity index is 1.52. The number of alkyl halides is 4. The maximum atomic E-state index is 15.5. The van der Waals surface area contributed by atoms with Crippen molar-refractivity contribution < 1.29 is 35.5 Å². The summed E-state index contributed by atoms with van der Waals surface area (Å²) in [6.07, 6.45) is -4.47. The number of aromatic amines is 1. The number of likely N-dealkylation sites (tertiary alicyclic amines) is 1. The first-order valence-electron chi connectivity index (χ1n) is 11.9. The van der Waals surface area contributed by atoms with Gasteiger partial charge in [-0.3, -0.25) is 19.2 Å². The Labute approximate surface area is 207 Å². The predicted octanol–water partition coefficient (Wildman–Crippen LogP) is 4.72. The van der Waals surface area contributed by atoms with E-state index >= 15 is 8.78 Å². The topological polar surface area (TPSA) is 61.7 Å². The molecule has 0 saturated carbocycles. The molecule has 2 aliphatic rings. The molecule has 2 atom stereocenters. The van der Waals surface area contributed by atoms with Crippen LogP contribution in [0.15, 0.2) is 33.5 Å². The fourth-order valence-corrected chi connectivity index (χ4v) is 5.32. The van der Waals surface area contributed by atoms with Gasteiger partial charge in [-0.2, -0.15) is 13.2 Å². The molecule has 0 unspecified atom stereocenters. The van der Waals surface area contributed by atoms with E-state index in [0.29, 0.717) is 37.1 Å². The molecule has 0 spiro atoms. The van der Waals surface area contributed by atoms with Crippen molar-refractivity contribution in [3.8, 4) is 5.75 Å². The second kappa shape index (κ2) is 9.71. The van der Waals surface area contributed by atoms with Gasteiger partial charge in [-0.1, -0.05) is 6.07 Å². The molecule has 12 heteroatoms. The molecular formula is C25H25F6N3O3. The lowest BCUT2D eigenvalue weighted by molar-refractivity contribution is -0.155. The average molecular weight is 529 g/mol. The van der Waals surface area contributed by atoms with Crippen LogP contribution in [0, 0.1) is 11.6 Å². The van der Waals surface area contributed by atoms with Gasteiger partial charge >= 0.3 is 11.9 Å². The van der Waals surface area contributed by atoms with E-state index in [0.717, 1.165) is 17.0 Å². The monoisotopic (exact) mass is 529 g/mol. The maximum Gasteiger partial charge on any atom is 0.417 e. The van der Waals surface area contributed by atoms with E-state index < -0.39 is 54.4 Å². The molecular weight excluding hydrogens is 504 g/mol. The third-order valence-corrected chi connectivity index (χ3v) is 6.94. The zero-order chi connectivity index (χ0) is 26.5. The highest BCUT2D eigenvalue weighted by molar-refractivity contribution is 5.78. The summed E-state index contributed by atoms with van der Waals surface area (Å²) in [6.45, 7) is 1.23. The van der Waals surface area contributed by atoms with Crippen molar-refractivity contribution >= 4 is 11.1 Å². The smallest absolute Gasteiger partial charge is 0.417 e. The summed E-state index contributed by atoms with van der Waals surface area (Å²) in [4.78, 5) is 17.2. The van der Waals surface area contributed by atoms with Crippen LogP contribution < -0.4 is 10.5 Å². The number of hydrogen-bond donors (Lipinski definition) is 1. The second-order valence-corrected chi connectivity index (χ2v) is 9.61. The van der Waals surface area contributed by atoms with Crippen LogP contribution in [0.4, 0.5) is 26.3 Å². The van der Waals surface area contributed by atoms with Crippen LogP contribution in [-0.2, 0) is 6.42 Å². The number of oxazole rings is 1. The molecule has 1 fully saturated rings. The zero-order valence-corrected chi connectivity index (χ0v) is 19.9. The molecule has 3 heterocycles. The zero-order valence-electron chi connectivity index (χ0n) is 19.9. The molecule has 0 bridgehead atoms. The number of hydrogen-bond acceptors (Lipinski definition) is 5. The van der Waals surface area contributed by atoms with Gasteiger partial charge in [0.25, 0.3) is 0 Å². The molecule has 2 aromatic carbocycles. The average Bonchev–Trinajstić information content (AvgIpc) is 3.16. The van der Waals surface area contributed by atoms with Crippen molar-refractivity contribution in [2.75, 3.05) is 32.9 Å². The van der Waals surface area contributed by atoms with Gasteiger partial charge < -0.3 is 9.15 Å². The summed E-state index contributed by atoms with van der Waals surface area (Å²) >= 11 is 0. The largest absolute Gasteiger partial charge is 0.488 e. The summed E-state index contributed by atoms with van der Waals surface area (Å²) in [5.74, 6) is -2.90. The van der Waals surface area contributed by atoms with Crippen LogP contribution in [0.2, 0.25) is 0 Å². The van der Waals surface area contributed by atoms with Gasteiger partial charge in [0.1, 0.15) is 23.5 Å². The number of H-pyrrole nitrogens is 1. The SMILES string of the molecule is C[C@@H]1Cc2c(ccc3[nH]c(=O)oc23)[C@@H](c2c(F)cc(OC3CN(CCCF)C3)cc2F)N1CC(F)(F)F. The van der Waals surface area contributed by atoms with Crippen molar-refractivity contribution in [1.82, 2.24) is 14.8 Å². The Hall–Kier alpha value is -2.99. The maximum absolute atomic E-state index is 15.5. The second-order valence-electron chi connectivity index (χ2n) is 9.61. The highest BCUT2D eigenvalue weighted by atomic mass is 19.4. The van der Waals surface area contributed by atoms with E-state index in [1.165, 1.54) is 19.1 Å². The Kier molecular flexibility index (Phi) is 6.73. The number of benzene rings is 2. The van der Waals surface area contributed by atoms with Crippen LogP contribution in [0.1, 0.15) is 36.1 Å². The van der Waals surface area contributed by atoms with Gasteiger partial charge in [0.15, 0.2) is 5.58 Å². The van der Waals surface area contributed by atoms with Crippen molar-refractivity contribution in [3.63, 3.8) is 0 Å². The van der Waals surface area contributed by atoms with Gasteiger partial charge in [0.05, 0.1) is 24.8 Å². The molecule has 5 rings (SSSR count). The molecule has 1 saturated heterocycles. The number of aromatic nitrogens is 1. The summed E-state index contributed by atoms with van der Waals surface area (Å²) in [5.41, 5.74) is 0.624. The normalized spacial score (nSPS) is 21.3. The van der Waals surface area contributed by atoms with E-state index in [2.05, 4.69) is 4.98 Å². The number of halogens is 6. The molecule has 6 nitrogen and oxygen atoms in total. The molecule has 1 N–H and O–H groups in total. The lowest BCUT2D eigenvalue weighted by Crippen LogP contribution is -2.53. The first-order chi connectivity index (χ1) is 17.5. The molecule has 0 radical (unpaired) electrons. The minimum Gasteiger partial charge on any atom is -0.488 e. The number of fused-ring (bicyclic) bond motifs is 3. The highest BCUT2D eigenvalue weighted by Gasteiger charge is 2.43. The number of nitrogens with one attached hydrogen (secondary N) is 1. The van der Waals surface area contributed by atoms with Gasteiger partial charge in [-0.15, -0.1) is 0 Å². The van der Waals surface area contributed by atoms with E-state index in [1.54, 1.807) is 0 Å². The van der Waals surface area contributed by atoms with Crippen molar-refractivity contribution in [2.45, 2.75) is 44.1 Å². The lowest BCUT2D eigenvalue weighted by Gasteiger charge is -2.42. The van der Waals surface area contributed by atoms with Gasteiger partial charge in [-0.05, 0) is 31.4 Å². The van der Waals surface area contributed by atoms with Crippen molar-refractivity contribution in [2.24, 2.45) is 0 Å². The molecule has 37 heavy (non-hydrogen) atoms. The Morgan fingerprint density at radius 3 is 2.51 bits per heavy atom. The molecule has 0 amide bonds. The molecule has 2 aliphatic heterocycles. The van der Waals surface area contributed by atoms with E-state index in [1.807, 2.05) is 4.90 Å². The molecule has 1 aromatic heterocycles. The number of nitrogens with zero attached hydrogens (tertiary/aromatic N) is 2. The number of ether oxygens (including phenoxy) is 1. The fraction of sp³-hybridized carbons (Fsp3) is 0.480. The Morgan fingerprint density at radius 1 is 1.16 bits per heavy atom. The third-order valence-electron chi connectivity index (χ3n) is 6.94. The van der Waals surface area contributed by atoms with Gasteiger partial charge in [0, 0.05) is 48.9 Å². The van der Waals surface area contributed by atoms with Crippen LogP contribution >= 0.6 is 0 Å². The van der Waals surface area contributed by atoms with Crippen molar-refractivity contribution in [3.05, 3.63) is 63.1 Å². The minimum absolute atomic E-state index is 0.0765. The number of rotatable bonds is 7. The van der Waals surface area contributed by atoms with E-state index in [-0.39, 0.29) is 29.4 Å². The molecule has 3 aromatic rings. The van der Waals surface area contributed by atoms with Crippen LogP contribution in [0.25, 0.3) is 11.1 Å². The summed E-state index contributed by atoms with van der Waals surface area (Å²) in [5, 5.41) is 0. The van der Waals surface area contributed by atoms with Gasteiger partial charge in [-0.25, -0.2) is 13.6 Å².